The van der Waals surface area contributed by atoms with Gasteiger partial charge < -0.3 is 24.4 Å². The Balaban J connectivity index is 1.21. The Morgan fingerprint density at radius 3 is 2.73 bits per heavy atom. The number of hydrogen-bond acceptors (Lipinski definition) is 9. The number of hydrogen-bond donors (Lipinski definition) is 2. The van der Waals surface area contributed by atoms with Gasteiger partial charge in [-0.15, -0.1) is 0 Å². The van der Waals surface area contributed by atoms with Gasteiger partial charge in [-0.2, -0.15) is 5.10 Å². The molecule has 11 nitrogen and oxygen atoms in total. The lowest BCUT2D eigenvalue weighted by Crippen LogP contribution is -2.55. The largest absolute Gasteiger partial charge is 0.493 e. The number of methoxy groups -OCH3 is 1. The van der Waals surface area contributed by atoms with Gasteiger partial charge in [0.05, 0.1) is 43.3 Å². The minimum atomic E-state index is -0.537. The van der Waals surface area contributed by atoms with Crippen LogP contribution in [0.15, 0.2) is 80.0 Å². The van der Waals surface area contributed by atoms with Crippen molar-refractivity contribution in [2.45, 2.75) is 6.10 Å². The second-order valence-corrected chi connectivity index (χ2v) is 9.16. The van der Waals surface area contributed by atoms with Crippen LogP contribution < -0.4 is 19.5 Å². The summed E-state index contributed by atoms with van der Waals surface area (Å²) >= 11 is 0. The summed E-state index contributed by atoms with van der Waals surface area (Å²) in [6.45, 7) is 4.38. The molecule has 41 heavy (non-hydrogen) atoms. The summed E-state index contributed by atoms with van der Waals surface area (Å²) in [5.41, 5.74) is 2.25. The second-order valence-electron chi connectivity index (χ2n) is 9.16. The Hall–Kier alpha value is -5.52. The average Bonchev–Trinajstić information content (AvgIpc) is 3.51. The molecule has 206 valence electrons. The first-order valence-corrected chi connectivity index (χ1v) is 12.6. The van der Waals surface area contributed by atoms with Gasteiger partial charge in [0.25, 0.3) is 0 Å². The number of aromatic amines is 1. The van der Waals surface area contributed by atoms with Crippen LogP contribution in [0.2, 0.25) is 0 Å². The highest BCUT2D eigenvalue weighted by molar-refractivity contribution is 5.93. The van der Waals surface area contributed by atoms with E-state index in [-0.39, 0.29) is 17.7 Å². The van der Waals surface area contributed by atoms with Crippen molar-refractivity contribution in [3.05, 3.63) is 85.9 Å². The molecule has 1 saturated heterocycles. The van der Waals surface area contributed by atoms with Gasteiger partial charge >= 0.3 is 0 Å². The number of nitrogens with zero attached hydrogens (tertiary/aromatic N) is 5. The Bertz CT molecular complexity index is 1740. The summed E-state index contributed by atoms with van der Waals surface area (Å²) in [6, 6.07) is 11.4. The molecule has 12 heteroatoms. The van der Waals surface area contributed by atoms with Gasteiger partial charge in [0.15, 0.2) is 11.5 Å². The molecule has 6 rings (SSSR count). The summed E-state index contributed by atoms with van der Waals surface area (Å²) < 4.78 is 32.7. The normalized spacial score (nSPS) is 13.0. The predicted molar refractivity (Wildman–Crippen MR) is 149 cm³/mol. The summed E-state index contributed by atoms with van der Waals surface area (Å²) in [5.74, 6) is 1.46. The quantitative estimate of drug-likeness (QED) is 0.246. The summed E-state index contributed by atoms with van der Waals surface area (Å²) in [6.07, 6.45) is 7.44. The van der Waals surface area contributed by atoms with Crippen molar-refractivity contribution in [1.82, 2.24) is 30.0 Å². The Morgan fingerprint density at radius 1 is 1.12 bits per heavy atom. The summed E-state index contributed by atoms with van der Waals surface area (Å²) in [5, 5.41) is 10.3. The lowest BCUT2D eigenvalue weighted by atomic mass is 10.1. The van der Waals surface area contributed by atoms with E-state index in [2.05, 4.69) is 37.0 Å². The van der Waals surface area contributed by atoms with Crippen LogP contribution in [-0.4, -0.2) is 62.3 Å². The monoisotopic (exact) mass is 553 g/mol. The van der Waals surface area contributed by atoms with Crippen molar-refractivity contribution < 1.29 is 23.4 Å². The topological polar surface area (TPSA) is 127 Å². The fourth-order valence-corrected chi connectivity index (χ4v) is 4.36. The van der Waals surface area contributed by atoms with Crippen LogP contribution in [0.5, 0.6) is 23.0 Å². The number of amides is 1. The Kier molecular flexibility index (Phi) is 6.86. The number of H-pyrrole nitrogens is 1. The van der Waals surface area contributed by atoms with Crippen LogP contribution >= 0.6 is 0 Å². The number of pyridine rings is 1. The SMILES string of the molecule is C=CC(=O)N1CC(Oc2cc3c(Nc4ccc(Oc5ccnc(-c6cn[nH]c6)c5)cc4F)ncnc3cc2OC)C1. The number of nitrogens with one attached hydrogen (secondary N) is 2. The van der Waals surface area contributed by atoms with E-state index < -0.39 is 5.82 Å². The maximum atomic E-state index is 15.2. The number of anilines is 2. The van der Waals surface area contributed by atoms with Crippen LogP contribution in [0.1, 0.15) is 0 Å². The number of benzene rings is 2. The number of halogens is 1. The molecule has 1 aliphatic rings. The smallest absolute Gasteiger partial charge is 0.246 e. The first-order chi connectivity index (χ1) is 20.0. The summed E-state index contributed by atoms with van der Waals surface area (Å²) in [7, 11) is 1.53. The zero-order valence-electron chi connectivity index (χ0n) is 21.9. The molecule has 0 atom stereocenters. The van der Waals surface area contributed by atoms with E-state index in [1.807, 2.05) is 0 Å². The summed E-state index contributed by atoms with van der Waals surface area (Å²) in [4.78, 5) is 26.4. The minimum Gasteiger partial charge on any atom is -0.493 e. The van der Waals surface area contributed by atoms with Crippen molar-refractivity contribution in [3.63, 3.8) is 0 Å². The predicted octanol–water partition coefficient (Wildman–Crippen LogP) is 4.87. The standard InChI is InChI=1S/C29H24FN7O4/c1-3-28(38)37-14-20(15-37)41-27-10-21-25(11-26(27)39-2)32-16-33-29(21)36-23-5-4-18(8-22(23)30)40-19-6-7-31-24(9-19)17-12-34-35-13-17/h3-13,16,20H,1,14-15H2,2H3,(H,34,35)(H,32,33,36). The van der Waals surface area contributed by atoms with E-state index in [0.29, 0.717) is 58.5 Å². The molecule has 0 radical (unpaired) electrons. The lowest BCUT2D eigenvalue weighted by molar-refractivity contribution is -0.134. The highest BCUT2D eigenvalue weighted by atomic mass is 19.1. The van der Waals surface area contributed by atoms with Gasteiger partial charge in [0.1, 0.15) is 35.6 Å². The average molecular weight is 554 g/mol. The van der Waals surface area contributed by atoms with E-state index >= 15 is 4.39 Å². The molecule has 1 amide bonds. The third-order valence-corrected chi connectivity index (χ3v) is 6.50. The second kappa shape index (κ2) is 10.9. The number of carbonyl (C=O) groups is 1. The van der Waals surface area contributed by atoms with Crippen LogP contribution in [0.4, 0.5) is 15.9 Å². The van der Waals surface area contributed by atoms with Crippen molar-refractivity contribution in [3.8, 4) is 34.3 Å². The van der Waals surface area contributed by atoms with E-state index in [0.717, 1.165) is 5.56 Å². The van der Waals surface area contributed by atoms with Gasteiger partial charge in [-0.1, -0.05) is 6.58 Å². The van der Waals surface area contributed by atoms with Gasteiger partial charge in [0.2, 0.25) is 5.91 Å². The fourth-order valence-electron chi connectivity index (χ4n) is 4.36. The molecule has 2 N–H and O–H groups in total. The van der Waals surface area contributed by atoms with Crippen molar-refractivity contribution in [1.29, 1.82) is 0 Å². The van der Waals surface area contributed by atoms with E-state index in [1.165, 1.54) is 25.6 Å². The Labute approximate surface area is 233 Å². The van der Waals surface area contributed by atoms with Crippen LogP contribution in [-0.2, 0) is 4.79 Å². The molecular formula is C29H24FN7O4. The van der Waals surface area contributed by atoms with E-state index in [4.69, 9.17) is 14.2 Å². The molecule has 1 aliphatic heterocycles. The molecule has 0 spiro atoms. The number of carbonyl (C=O) groups excluding carboxylic acids is 1. The number of fused-ring (bicyclic) bond motifs is 1. The molecule has 5 aromatic rings. The first-order valence-electron chi connectivity index (χ1n) is 12.6. The molecule has 3 aromatic heterocycles. The maximum absolute atomic E-state index is 15.2. The number of aromatic nitrogens is 5. The number of likely N-dealkylation sites (tertiary alicyclic amines) is 1. The number of rotatable bonds is 9. The van der Waals surface area contributed by atoms with Gasteiger partial charge in [0, 0.05) is 41.5 Å². The maximum Gasteiger partial charge on any atom is 0.246 e. The third kappa shape index (κ3) is 5.35. The van der Waals surface area contributed by atoms with Crippen molar-refractivity contribution in [2.75, 3.05) is 25.5 Å². The van der Waals surface area contributed by atoms with Crippen molar-refractivity contribution in [2.24, 2.45) is 0 Å². The molecule has 0 saturated carbocycles. The molecular weight excluding hydrogens is 529 g/mol. The van der Waals surface area contributed by atoms with Crippen LogP contribution in [0.25, 0.3) is 22.2 Å². The van der Waals surface area contributed by atoms with Crippen molar-refractivity contribution >= 4 is 28.3 Å². The molecule has 2 aromatic carbocycles. The number of ether oxygens (including phenoxy) is 3. The van der Waals surface area contributed by atoms with Gasteiger partial charge in [-0.25, -0.2) is 14.4 Å². The Morgan fingerprint density at radius 2 is 1.98 bits per heavy atom. The van der Waals surface area contributed by atoms with E-state index in [1.54, 1.807) is 59.9 Å². The third-order valence-electron chi connectivity index (χ3n) is 6.50. The molecule has 0 aliphatic carbocycles. The molecule has 0 unspecified atom stereocenters. The first kappa shape index (κ1) is 25.7. The molecule has 0 bridgehead atoms. The zero-order valence-corrected chi connectivity index (χ0v) is 21.9. The lowest BCUT2D eigenvalue weighted by Gasteiger charge is -2.38. The van der Waals surface area contributed by atoms with E-state index in [9.17, 15) is 4.79 Å². The molecule has 1 fully saturated rings. The van der Waals surface area contributed by atoms with Crippen LogP contribution in [0, 0.1) is 5.82 Å². The zero-order chi connectivity index (χ0) is 28.3. The highest BCUT2D eigenvalue weighted by Gasteiger charge is 2.31. The molecule has 4 heterocycles. The van der Waals surface area contributed by atoms with Crippen LogP contribution in [0.3, 0.4) is 0 Å². The highest BCUT2D eigenvalue weighted by Crippen LogP contribution is 2.37. The van der Waals surface area contributed by atoms with Gasteiger partial charge in [-0.3, -0.25) is 14.9 Å². The van der Waals surface area contributed by atoms with Gasteiger partial charge in [-0.05, 0) is 30.3 Å². The fraction of sp³-hybridized carbons (Fsp3) is 0.138. The minimum absolute atomic E-state index is 0.145.